The summed E-state index contributed by atoms with van der Waals surface area (Å²) in [5.74, 6) is 0.227. The molecule has 0 amide bonds. The van der Waals surface area contributed by atoms with Gasteiger partial charge in [0.25, 0.3) is 0 Å². The highest BCUT2D eigenvalue weighted by Gasteiger charge is 2.25. The average molecular weight is 285 g/mol. The van der Waals surface area contributed by atoms with E-state index in [0.717, 1.165) is 5.56 Å². The number of fused-ring (bicyclic) bond motifs is 1. The Balaban J connectivity index is 1.97. The Hall–Kier alpha value is -2.32. The number of ketones is 1. The molecular formula is C15H11NO3S. The van der Waals surface area contributed by atoms with Crippen molar-refractivity contribution in [3.8, 4) is 17.6 Å². The Morgan fingerprint density at radius 2 is 2.15 bits per heavy atom. The van der Waals surface area contributed by atoms with Gasteiger partial charge < -0.3 is 9.47 Å². The van der Waals surface area contributed by atoms with Crippen molar-refractivity contribution in [2.75, 3.05) is 6.79 Å². The zero-order valence-electron chi connectivity index (χ0n) is 10.8. The van der Waals surface area contributed by atoms with Crippen molar-refractivity contribution in [3.63, 3.8) is 0 Å². The molecule has 0 bridgehead atoms. The molecule has 3 rings (SSSR count). The number of hydrogen-bond acceptors (Lipinski definition) is 5. The monoisotopic (exact) mass is 285 g/mol. The highest BCUT2D eigenvalue weighted by atomic mass is 32.1. The minimum Gasteiger partial charge on any atom is -0.454 e. The number of hydrogen-bond donors (Lipinski definition) is 0. The Morgan fingerprint density at radius 1 is 1.35 bits per heavy atom. The van der Waals surface area contributed by atoms with Crippen LogP contribution in [0.25, 0.3) is 0 Å². The summed E-state index contributed by atoms with van der Waals surface area (Å²) in [6, 6.07) is 7.26. The fourth-order valence-electron chi connectivity index (χ4n) is 2.15. The van der Waals surface area contributed by atoms with Crippen molar-refractivity contribution in [2.45, 2.75) is 12.8 Å². The van der Waals surface area contributed by atoms with Crippen LogP contribution >= 0.6 is 11.3 Å². The van der Waals surface area contributed by atoms with Gasteiger partial charge in [-0.25, -0.2) is 0 Å². The first-order valence-electron chi connectivity index (χ1n) is 6.07. The molecule has 1 aromatic carbocycles. The molecule has 20 heavy (non-hydrogen) atoms. The first-order valence-corrected chi connectivity index (χ1v) is 7.01. The molecule has 0 saturated carbocycles. The Bertz CT molecular complexity index is 714. The molecule has 4 nitrogen and oxygen atoms in total. The summed E-state index contributed by atoms with van der Waals surface area (Å²) in [6.07, 6.45) is 0. The van der Waals surface area contributed by atoms with Gasteiger partial charge in [0.15, 0.2) is 17.3 Å². The molecule has 0 radical (unpaired) electrons. The third-order valence-electron chi connectivity index (χ3n) is 3.24. The van der Waals surface area contributed by atoms with Crippen molar-refractivity contribution >= 4 is 17.1 Å². The topological polar surface area (TPSA) is 59.3 Å². The maximum Gasteiger partial charge on any atom is 0.231 e. The van der Waals surface area contributed by atoms with Gasteiger partial charge in [0.1, 0.15) is 5.92 Å². The van der Waals surface area contributed by atoms with E-state index in [4.69, 9.17) is 9.47 Å². The normalized spacial score (nSPS) is 13.8. The Labute approximate surface area is 120 Å². The Kier molecular flexibility index (Phi) is 3.17. The van der Waals surface area contributed by atoms with Crippen LogP contribution in [0.3, 0.4) is 0 Å². The largest absolute Gasteiger partial charge is 0.454 e. The summed E-state index contributed by atoms with van der Waals surface area (Å²) in [7, 11) is 0. The highest BCUT2D eigenvalue weighted by Crippen LogP contribution is 2.35. The van der Waals surface area contributed by atoms with E-state index < -0.39 is 5.92 Å². The molecule has 5 heteroatoms. The predicted molar refractivity (Wildman–Crippen MR) is 74.3 cm³/mol. The average Bonchev–Trinajstić information content (AvgIpc) is 3.07. The fourth-order valence-corrected chi connectivity index (χ4v) is 2.98. The van der Waals surface area contributed by atoms with Crippen LogP contribution in [0.2, 0.25) is 0 Å². The smallest absolute Gasteiger partial charge is 0.231 e. The number of rotatable bonds is 3. The first-order chi connectivity index (χ1) is 9.70. The lowest BCUT2D eigenvalue weighted by Gasteiger charge is -2.09. The SMILES string of the molecule is Cc1cscc1C(=O)C(C#N)c1ccc2c(c1)OCO2. The van der Waals surface area contributed by atoms with E-state index in [1.165, 1.54) is 11.3 Å². The molecule has 1 unspecified atom stereocenters. The number of aryl methyl sites for hydroxylation is 1. The number of nitrogens with zero attached hydrogens (tertiary/aromatic N) is 1. The van der Waals surface area contributed by atoms with Gasteiger partial charge in [-0.05, 0) is 35.6 Å². The molecule has 1 atom stereocenters. The number of benzene rings is 1. The maximum absolute atomic E-state index is 12.5. The number of Topliss-reactive ketones (excluding diaryl/α,β-unsaturated/α-hetero) is 1. The third kappa shape index (κ3) is 2.04. The number of thiophene rings is 1. The third-order valence-corrected chi connectivity index (χ3v) is 4.10. The summed E-state index contributed by atoms with van der Waals surface area (Å²) in [5.41, 5.74) is 2.15. The second kappa shape index (κ2) is 4.99. The van der Waals surface area contributed by atoms with E-state index in [-0.39, 0.29) is 12.6 Å². The van der Waals surface area contributed by atoms with Crippen LogP contribution in [-0.2, 0) is 0 Å². The number of nitriles is 1. The van der Waals surface area contributed by atoms with Crippen LogP contribution in [0.1, 0.15) is 27.4 Å². The quantitative estimate of drug-likeness (QED) is 0.812. The van der Waals surface area contributed by atoms with Gasteiger partial charge in [-0.3, -0.25) is 4.79 Å². The van der Waals surface area contributed by atoms with Crippen LogP contribution in [0, 0.1) is 18.3 Å². The van der Waals surface area contributed by atoms with E-state index in [1.54, 1.807) is 23.6 Å². The summed E-state index contributed by atoms with van der Waals surface area (Å²) in [4.78, 5) is 12.5. The maximum atomic E-state index is 12.5. The van der Waals surface area contributed by atoms with Crippen LogP contribution in [-0.4, -0.2) is 12.6 Å². The van der Waals surface area contributed by atoms with Gasteiger partial charge in [0.2, 0.25) is 6.79 Å². The number of carbonyl (C=O) groups is 1. The summed E-state index contributed by atoms with van der Waals surface area (Å²) in [6.45, 7) is 2.05. The minimum absolute atomic E-state index is 0.174. The van der Waals surface area contributed by atoms with Gasteiger partial charge in [0.05, 0.1) is 6.07 Å². The molecule has 1 aliphatic rings. The zero-order chi connectivity index (χ0) is 14.1. The summed E-state index contributed by atoms with van der Waals surface area (Å²) >= 11 is 1.46. The van der Waals surface area contributed by atoms with Crippen LogP contribution in [0.4, 0.5) is 0 Å². The van der Waals surface area contributed by atoms with Crippen molar-refractivity contribution in [1.29, 1.82) is 5.26 Å². The van der Waals surface area contributed by atoms with E-state index in [9.17, 15) is 10.1 Å². The lowest BCUT2D eigenvalue weighted by molar-refractivity contribution is 0.0978. The van der Waals surface area contributed by atoms with Crippen molar-refractivity contribution in [1.82, 2.24) is 0 Å². The van der Waals surface area contributed by atoms with Crippen molar-refractivity contribution in [2.24, 2.45) is 0 Å². The lowest BCUT2D eigenvalue weighted by atomic mass is 9.91. The summed E-state index contributed by atoms with van der Waals surface area (Å²) < 4.78 is 10.5. The van der Waals surface area contributed by atoms with Crippen molar-refractivity contribution in [3.05, 3.63) is 45.6 Å². The lowest BCUT2D eigenvalue weighted by Crippen LogP contribution is -2.11. The molecule has 1 aliphatic heterocycles. The molecule has 0 N–H and O–H groups in total. The number of carbonyl (C=O) groups excluding carboxylic acids is 1. The molecule has 2 aromatic rings. The predicted octanol–water partition coefficient (Wildman–Crippen LogP) is 3.28. The highest BCUT2D eigenvalue weighted by molar-refractivity contribution is 7.08. The molecule has 0 fully saturated rings. The molecule has 0 saturated heterocycles. The number of ether oxygens (including phenoxy) is 2. The second-order valence-corrected chi connectivity index (χ2v) is 5.25. The molecule has 0 aliphatic carbocycles. The van der Waals surface area contributed by atoms with Crippen LogP contribution in [0.5, 0.6) is 11.5 Å². The molecule has 2 heterocycles. The zero-order valence-corrected chi connectivity index (χ0v) is 11.6. The van der Waals surface area contributed by atoms with E-state index in [1.807, 2.05) is 12.3 Å². The summed E-state index contributed by atoms with van der Waals surface area (Å²) in [5, 5.41) is 13.0. The molecule has 1 aromatic heterocycles. The van der Waals surface area contributed by atoms with Gasteiger partial charge >= 0.3 is 0 Å². The fraction of sp³-hybridized carbons (Fsp3) is 0.200. The van der Waals surface area contributed by atoms with E-state index in [0.29, 0.717) is 22.6 Å². The van der Waals surface area contributed by atoms with Crippen LogP contribution in [0.15, 0.2) is 29.0 Å². The van der Waals surface area contributed by atoms with Gasteiger partial charge in [-0.2, -0.15) is 16.6 Å². The molecular weight excluding hydrogens is 274 g/mol. The van der Waals surface area contributed by atoms with Gasteiger partial charge in [0, 0.05) is 10.9 Å². The Morgan fingerprint density at radius 3 is 2.85 bits per heavy atom. The minimum atomic E-state index is -0.821. The first kappa shape index (κ1) is 12.7. The van der Waals surface area contributed by atoms with E-state index in [2.05, 4.69) is 6.07 Å². The molecule has 0 spiro atoms. The van der Waals surface area contributed by atoms with Crippen LogP contribution < -0.4 is 9.47 Å². The van der Waals surface area contributed by atoms with Crippen molar-refractivity contribution < 1.29 is 14.3 Å². The second-order valence-electron chi connectivity index (χ2n) is 4.51. The standard InChI is InChI=1S/C15H11NO3S/c1-9-6-20-7-12(9)15(17)11(5-16)10-2-3-13-14(4-10)19-8-18-13/h2-4,6-7,11H,8H2,1H3. The van der Waals surface area contributed by atoms with Gasteiger partial charge in [-0.15, -0.1) is 0 Å². The van der Waals surface area contributed by atoms with Gasteiger partial charge in [-0.1, -0.05) is 6.07 Å². The van der Waals surface area contributed by atoms with E-state index >= 15 is 0 Å². The molecule has 100 valence electrons.